The van der Waals surface area contributed by atoms with Crippen LogP contribution < -0.4 is 0 Å². The smallest absolute Gasteiger partial charge is 0.359 e. The molecule has 0 N–H and O–H groups in total. The monoisotopic (exact) mass is 445 g/mol. The first kappa shape index (κ1) is 20.6. The van der Waals surface area contributed by atoms with Crippen molar-refractivity contribution in [2.24, 2.45) is 0 Å². The summed E-state index contributed by atoms with van der Waals surface area (Å²) in [5.41, 5.74) is 2.23. The van der Waals surface area contributed by atoms with Crippen LogP contribution in [0.4, 0.5) is 0 Å². The average molecular weight is 446 g/mol. The molecule has 0 aliphatic carbocycles. The molecule has 156 valence electrons. The third-order valence-electron chi connectivity index (χ3n) is 4.94. The number of hydrogen-bond acceptors (Lipinski definition) is 5. The van der Waals surface area contributed by atoms with Crippen LogP contribution in [0.5, 0.6) is 0 Å². The zero-order valence-electron chi connectivity index (χ0n) is 16.3. The van der Waals surface area contributed by atoms with E-state index in [1.807, 2.05) is 0 Å². The maximum absolute atomic E-state index is 13.1. The average Bonchev–Trinajstić information content (AvgIpc) is 3.14. The number of rotatable bonds is 5. The summed E-state index contributed by atoms with van der Waals surface area (Å²) in [6.45, 7) is 2.25. The van der Waals surface area contributed by atoms with Gasteiger partial charge in [-0.3, -0.25) is 0 Å². The molecule has 0 saturated carbocycles. The van der Waals surface area contributed by atoms with Crippen LogP contribution in [-0.2, 0) is 27.7 Å². The molecule has 0 saturated heterocycles. The van der Waals surface area contributed by atoms with E-state index >= 15 is 0 Å². The Bertz CT molecular complexity index is 1170. The summed E-state index contributed by atoms with van der Waals surface area (Å²) < 4.78 is 34.4. The van der Waals surface area contributed by atoms with E-state index in [2.05, 4.69) is 5.10 Å². The van der Waals surface area contributed by atoms with Crippen molar-refractivity contribution < 1.29 is 17.9 Å². The van der Waals surface area contributed by atoms with Gasteiger partial charge in [0.25, 0.3) is 0 Å². The molecular formula is C21H20ClN3O4S. The predicted molar refractivity (Wildman–Crippen MR) is 112 cm³/mol. The quantitative estimate of drug-likeness (QED) is 0.562. The van der Waals surface area contributed by atoms with Crippen molar-refractivity contribution in [3.63, 3.8) is 0 Å². The summed E-state index contributed by atoms with van der Waals surface area (Å²) in [7, 11) is -3.69. The molecule has 1 aliphatic heterocycles. The van der Waals surface area contributed by atoms with Gasteiger partial charge < -0.3 is 4.74 Å². The van der Waals surface area contributed by atoms with E-state index in [-0.39, 0.29) is 30.3 Å². The number of hydrogen-bond donors (Lipinski definition) is 0. The van der Waals surface area contributed by atoms with Crippen LogP contribution in [0, 0.1) is 0 Å². The lowest BCUT2D eigenvalue weighted by molar-refractivity contribution is 0.0517. The Balaban J connectivity index is 1.77. The Morgan fingerprint density at radius 2 is 1.83 bits per heavy atom. The molecule has 30 heavy (non-hydrogen) atoms. The van der Waals surface area contributed by atoms with Gasteiger partial charge in [-0.25, -0.2) is 17.9 Å². The molecule has 0 bridgehead atoms. The molecule has 4 rings (SSSR count). The van der Waals surface area contributed by atoms with Gasteiger partial charge in [0, 0.05) is 30.1 Å². The van der Waals surface area contributed by atoms with E-state index in [4.69, 9.17) is 16.3 Å². The minimum absolute atomic E-state index is 0.0499. The first-order chi connectivity index (χ1) is 14.4. The summed E-state index contributed by atoms with van der Waals surface area (Å²) in [5, 5.41) is 5.07. The second kappa shape index (κ2) is 8.22. The second-order valence-corrected chi connectivity index (χ2v) is 9.16. The maximum Gasteiger partial charge on any atom is 0.359 e. The number of carbonyl (C=O) groups is 1. The Morgan fingerprint density at radius 1 is 1.13 bits per heavy atom. The summed E-state index contributed by atoms with van der Waals surface area (Å²) >= 11 is 5.99. The highest BCUT2D eigenvalue weighted by Gasteiger charge is 2.34. The molecular weight excluding hydrogens is 426 g/mol. The van der Waals surface area contributed by atoms with Crippen LogP contribution in [0.15, 0.2) is 59.5 Å². The third-order valence-corrected chi connectivity index (χ3v) is 7.05. The van der Waals surface area contributed by atoms with E-state index < -0.39 is 16.0 Å². The Morgan fingerprint density at radius 3 is 2.50 bits per heavy atom. The van der Waals surface area contributed by atoms with Gasteiger partial charge in [-0.15, -0.1) is 0 Å². The summed E-state index contributed by atoms with van der Waals surface area (Å²) in [5.74, 6) is -0.569. The molecule has 0 amide bonds. The second-order valence-electron chi connectivity index (χ2n) is 6.78. The zero-order valence-corrected chi connectivity index (χ0v) is 17.9. The number of carbonyl (C=O) groups excluding carboxylic acids is 1. The van der Waals surface area contributed by atoms with Gasteiger partial charge in [-0.05, 0) is 43.3 Å². The van der Waals surface area contributed by atoms with Crippen LogP contribution in [0.3, 0.4) is 0 Å². The van der Waals surface area contributed by atoms with Crippen LogP contribution in [-0.4, -0.2) is 41.6 Å². The van der Waals surface area contributed by atoms with Crippen molar-refractivity contribution in [1.29, 1.82) is 0 Å². The minimum atomic E-state index is -3.69. The molecule has 0 atom stereocenters. The molecule has 9 heteroatoms. The SMILES string of the molecule is CCOC(=O)c1nn(-c2ccc(Cl)cc2)c2c1CN(S(=O)(=O)c1ccccc1)CC2. The number of ether oxygens (including phenoxy) is 1. The Kier molecular flexibility index (Phi) is 5.64. The number of fused-ring (bicyclic) bond motifs is 1. The fraction of sp³-hybridized carbons (Fsp3) is 0.238. The highest BCUT2D eigenvalue weighted by molar-refractivity contribution is 7.89. The summed E-state index contributed by atoms with van der Waals surface area (Å²) in [4.78, 5) is 12.8. The molecule has 7 nitrogen and oxygen atoms in total. The molecule has 2 heterocycles. The fourth-order valence-electron chi connectivity index (χ4n) is 3.50. The molecule has 0 spiro atoms. The van der Waals surface area contributed by atoms with Crippen molar-refractivity contribution in [3.8, 4) is 5.69 Å². The van der Waals surface area contributed by atoms with Crippen LogP contribution >= 0.6 is 11.6 Å². The first-order valence-corrected chi connectivity index (χ1v) is 11.3. The lowest BCUT2D eigenvalue weighted by atomic mass is 10.1. The van der Waals surface area contributed by atoms with Gasteiger partial charge in [0.1, 0.15) is 0 Å². The van der Waals surface area contributed by atoms with Gasteiger partial charge in [-0.1, -0.05) is 29.8 Å². The van der Waals surface area contributed by atoms with Gasteiger partial charge in [0.2, 0.25) is 10.0 Å². The van der Waals surface area contributed by atoms with E-state index in [1.54, 1.807) is 66.2 Å². The van der Waals surface area contributed by atoms with Gasteiger partial charge in [0.15, 0.2) is 5.69 Å². The molecule has 0 unspecified atom stereocenters. The molecule has 3 aromatic rings. The molecule has 0 radical (unpaired) electrons. The van der Waals surface area contributed by atoms with E-state index in [1.165, 1.54) is 4.31 Å². The number of nitrogens with zero attached hydrogens (tertiary/aromatic N) is 3. The largest absolute Gasteiger partial charge is 0.461 e. The van der Waals surface area contributed by atoms with Crippen molar-refractivity contribution in [2.75, 3.05) is 13.2 Å². The fourth-order valence-corrected chi connectivity index (χ4v) is 5.06. The van der Waals surface area contributed by atoms with Crippen LogP contribution in [0.25, 0.3) is 5.69 Å². The summed E-state index contributed by atoms with van der Waals surface area (Å²) in [6.07, 6.45) is 0.413. The number of sulfonamides is 1. The number of halogens is 1. The lowest BCUT2D eigenvalue weighted by Gasteiger charge is -2.27. The number of aromatic nitrogens is 2. The highest BCUT2D eigenvalue weighted by atomic mass is 35.5. The van der Waals surface area contributed by atoms with Crippen molar-refractivity contribution in [1.82, 2.24) is 14.1 Å². The Labute approximate surface area is 179 Å². The minimum Gasteiger partial charge on any atom is -0.461 e. The first-order valence-electron chi connectivity index (χ1n) is 9.51. The van der Waals surface area contributed by atoms with E-state index in [9.17, 15) is 13.2 Å². The predicted octanol–water partition coefficient (Wildman–Crippen LogP) is 3.45. The Hall–Kier alpha value is -2.68. The molecule has 1 aliphatic rings. The van der Waals surface area contributed by atoms with E-state index in [0.29, 0.717) is 17.0 Å². The van der Waals surface area contributed by atoms with Crippen molar-refractivity contribution in [3.05, 3.63) is 76.6 Å². The molecule has 2 aromatic carbocycles. The van der Waals surface area contributed by atoms with Crippen LogP contribution in [0.2, 0.25) is 5.02 Å². The maximum atomic E-state index is 13.1. The third kappa shape index (κ3) is 3.74. The van der Waals surface area contributed by atoms with Crippen LogP contribution in [0.1, 0.15) is 28.7 Å². The normalized spacial score (nSPS) is 14.3. The van der Waals surface area contributed by atoms with Crippen molar-refractivity contribution >= 4 is 27.6 Å². The van der Waals surface area contributed by atoms with E-state index in [0.717, 1.165) is 11.4 Å². The van der Waals surface area contributed by atoms with Crippen molar-refractivity contribution in [2.45, 2.75) is 24.8 Å². The molecule has 0 fully saturated rings. The summed E-state index contributed by atoms with van der Waals surface area (Å²) in [6, 6.07) is 15.4. The lowest BCUT2D eigenvalue weighted by Crippen LogP contribution is -2.36. The van der Waals surface area contributed by atoms with Gasteiger partial charge in [-0.2, -0.15) is 9.40 Å². The number of esters is 1. The standard InChI is InChI=1S/C21H20ClN3O4S/c1-2-29-21(26)20-18-14-24(30(27,28)17-6-4-3-5-7-17)13-12-19(18)25(23-20)16-10-8-15(22)9-11-16/h3-11H,2,12-14H2,1H3. The number of benzene rings is 2. The highest BCUT2D eigenvalue weighted by Crippen LogP contribution is 2.29. The zero-order chi connectivity index (χ0) is 21.3. The topological polar surface area (TPSA) is 81.5 Å². The van der Waals surface area contributed by atoms with Gasteiger partial charge >= 0.3 is 5.97 Å². The van der Waals surface area contributed by atoms with Gasteiger partial charge in [0.05, 0.1) is 22.9 Å². The molecule has 1 aromatic heterocycles.